The second kappa shape index (κ2) is 6.95. The zero-order chi connectivity index (χ0) is 14.7. The third kappa shape index (κ3) is 4.65. The molecule has 0 aromatic rings. The van der Waals surface area contributed by atoms with Gasteiger partial charge in [-0.2, -0.15) is 0 Å². The molecule has 0 aromatic carbocycles. The monoisotopic (exact) mass is 295 g/mol. The number of hydrogen-bond donors (Lipinski definition) is 1. The molecule has 2 aliphatic heterocycles. The van der Waals surface area contributed by atoms with Gasteiger partial charge in [0.1, 0.15) is 0 Å². The molecule has 3 aliphatic rings. The molecule has 0 radical (unpaired) electrons. The van der Waals surface area contributed by atoms with Crippen LogP contribution in [0.1, 0.15) is 32.1 Å². The van der Waals surface area contributed by atoms with Gasteiger partial charge in [0.2, 0.25) is 0 Å². The summed E-state index contributed by atoms with van der Waals surface area (Å²) in [4.78, 5) is 5.04. The number of ether oxygens (including phenoxy) is 1. The second-order valence-electron chi connectivity index (χ2n) is 7.94. The van der Waals surface area contributed by atoms with Gasteiger partial charge in [0, 0.05) is 37.7 Å². The quantitative estimate of drug-likeness (QED) is 0.769. The summed E-state index contributed by atoms with van der Waals surface area (Å²) < 4.78 is 5.76. The van der Waals surface area contributed by atoms with Crippen molar-refractivity contribution in [2.24, 2.45) is 11.3 Å². The van der Waals surface area contributed by atoms with Crippen molar-refractivity contribution in [2.45, 2.75) is 38.1 Å². The second-order valence-corrected chi connectivity index (χ2v) is 7.94. The maximum absolute atomic E-state index is 5.76. The zero-order valence-corrected chi connectivity index (χ0v) is 13.9. The van der Waals surface area contributed by atoms with Crippen LogP contribution >= 0.6 is 0 Å². The summed E-state index contributed by atoms with van der Waals surface area (Å²) in [5.74, 6) is 0.900. The van der Waals surface area contributed by atoms with E-state index < -0.39 is 0 Å². The Morgan fingerprint density at radius 3 is 2.52 bits per heavy atom. The molecule has 21 heavy (non-hydrogen) atoms. The fraction of sp³-hybridized carbons (Fsp3) is 1.00. The average molecular weight is 295 g/mol. The van der Waals surface area contributed by atoms with Crippen LogP contribution in [0.5, 0.6) is 0 Å². The number of likely N-dealkylation sites (tertiary alicyclic amines) is 1. The number of piperidine rings is 1. The molecule has 1 atom stereocenters. The van der Waals surface area contributed by atoms with Gasteiger partial charge < -0.3 is 19.9 Å². The van der Waals surface area contributed by atoms with Crippen LogP contribution in [-0.4, -0.2) is 75.9 Å². The number of hydrogen-bond acceptors (Lipinski definition) is 4. The number of nitrogens with one attached hydrogen (secondary N) is 1. The molecule has 122 valence electrons. The lowest BCUT2D eigenvalue weighted by atomic mass is 9.85. The predicted molar refractivity (Wildman–Crippen MR) is 86.6 cm³/mol. The maximum atomic E-state index is 5.76. The van der Waals surface area contributed by atoms with Crippen molar-refractivity contribution < 1.29 is 4.74 Å². The molecule has 1 saturated carbocycles. The lowest BCUT2D eigenvalue weighted by Gasteiger charge is -2.39. The van der Waals surface area contributed by atoms with Crippen LogP contribution in [0, 0.1) is 11.3 Å². The molecular formula is C17H33N3O. The van der Waals surface area contributed by atoms with Crippen LogP contribution in [-0.2, 0) is 4.74 Å². The van der Waals surface area contributed by atoms with Gasteiger partial charge in [-0.05, 0) is 65.2 Å². The van der Waals surface area contributed by atoms with Gasteiger partial charge in [-0.25, -0.2) is 0 Å². The van der Waals surface area contributed by atoms with E-state index in [0.717, 1.165) is 31.7 Å². The summed E-state index contributed by atoms with van der Waals surface area (Å²) in [6, 6.07) is 0.813. The Morgan fingerprint density at radius 2 is 1.95 bits per heavy atom. The van der Waals surface area contributed by atoms with Gasteiger partial charge in [0.15, 0.2) is 0 Å². The third-order valence-electron chi connectivity index (χ3n) is 5.42. The minimum absolute atomic E-state index is 0.386. The van der Waals surface area contributed by atoms with Gasteiger partial charge in [-0.1, -0.05) is 0 Å². The SMILES string of the molecule is CN(C)CC1CCN(CC2(CNC3CC3)CCOC2)CC1. The molecule has 1 N–H and O–H groups in total. The first-order valence-corrected chi connectivity index (χ1v) is 8.83. The van der Waals surface area contributed by atoms with Gasteiger partial charge in [0.05, 0.1) is 6.61 Å². The van der Waals surface area contributed by atoms with Crippen molar-refractivity contribution >= 4 is 0 Å². The fourth-order valence-electron chi connectivity index (χ4n) is 3.94. The van der Waals surface area contributed by atoms with Crippen molar-refractivity contribution in [3.8, 4) is 0 Å². The molecule has 2 saturated heterocycles. The predicted octanol–water partition coefficient (Wildman–Crippen LogP) is 1.42. The Kier molecular flexibility index (Phi) is 5.20. The molecule has 4 nitrogen and oxygen atoms in total. The van der Waals surface area contributed by atoms with E-state index in [0.29, 0.717) is 5.41 Å². The maximum Gasteiger partial charge on any atom is 0.0547 e. The molecule has 0 aromatic heterocycles. The van der Waals surface area contributed by atoms with E-state index in [1.165, 1.54) is 58.3 Å². The van der Waals surface area contributed by atoms with Crippen molar-refractivity contribution in [1.82, 2.24) is 15.1 Å². The largest absolute Gasteiger partial charge is 0.381 e. The molecule has 0 bridgehead atoms. The first-order valence-electron chi connectivity index (χ1n) is 8.83. The van der Waals surface area contributed by atoms with Crippen molar-refractivity contribution in [3.63, 3.8) is 0 Å². The van der Waals surface area contributed by atoms with E-state index in [9.17, 15) is 0 Å². The van der Waals surface area contributed by atoms with Gasteiger partial charge >= 0.3 is 0 Å². The van der Waals surface area contributed by atoms with E-state index in [1.54, 1.807) is 0 Å². The van der Waals surface area contributed by atoms with Crippen LogP contribution in [0.25, 0.3) is 0 Å². The fourth-order valence-corrected chi connectivity index (χ4v) is 3.94. The molecule has 3 fully saturated rings. The molecule has 0 amide bonds. The lowest BCUT2D eigenvalue weighted by Crippen LogP contribution is -2.48. The van der Waals surface area contributed by atoms with E-state index in [1.807, 2.05) is 0 Å². The molecule has 3 rings (SSSR count). The van der Waals surface area contributed by atoms with Crippen molar-refractivity contribution in [2.75, 3.05) is 60.0 Å². The Bertz CT molecular complexity index is 316. The van der Waals surface area contributed by atoms with Gasteiger partial charge in [0.25, 0.3) is 0 Å². The Balaban J connectivity index is 1.45. The highest BCUT2D eigenvalue weighted by Gasteiger charge is 2.38. The Morgan fingerprint density at radius 1 is 1.19 bits per heavy atom. The van der Waals surface area contributed by atoms with Gasteiger partial charge in [-0.3, -0.25) is 0 Å². The Hall–Kier alpha value is -0.160. The first kappa shape index (κ1) is 15.7. The summed E-state index contributed by atoms with van der Waals surface area (Å²) in [6.45, 7) is 8.14. The molecule has 2 heterocycles. The zero-order valence-electron chi connectivity index (χ0n) is 13.9. The van der Waals surface area contributed by atoms with Crippen molar-refractivity contribution in [3.05, 3.63) is 0 Å². The Labute approximate surface area is 130 Å². The first-order chi connectivity index (χ1) is 10.2. The standard InChI is InChI=1S/C17H33N3O/c1-19(2)11-15-5-8-20(9-6-15)13-17(7-10-21-14-17)12-18-16-3-4-16/h15-16,18H,3-14H2,1-2H3. The summed E-state index contributed by atoms with van der Waals surface area (Å²) in [7, 11) is 4.39. The summed E-state index contributed by atoms with van der Waals surface area (Å²) in [6.07, 6.45) is 6.74. The molecule has 4 heteroatoms. The lowest BCUT2D eigenvalue weighted by molar-refractivity contribution is 0.0826. The normalized spacial score (nSPS) is 32.1. The smallest absolute Gasteiger partial charge is 0.0547 e. The minimum Gasteiger partial charge on any atom is -0.381 e. The number of rotatable bonds is 7. The van der Waals surface area contributed by atoms with Crippen LogP contribution in [0.15, 0.2) is 0 Å². The minimum atomic E-state index is 0.386. The van der Waals surface area contributed by atoms with Crippen LogP contribution in [0.3, 0.4) is 0 Å². The van der Waals surface area contributed by atoms with Crippen LogP contribution < -0.4 is 5.32 Å². The molecule has 1 aliphatic carbocycles. The molecule has 1 unspecified atom stereocenters. The highest BCUT2D eigenvalue weighted by atomic mass is 16.5. The average Bonchev–Trinajstić information content (AvgIpc) is 3.18. The summed E-state index contributed by atoms with van der Waals surface area (Å²) in [5.41, 5.74) is 0.386. The molecular weight excluding hydrogens is 262 g/mol. The van der Waals surface area contributed by atoms with E-state index in [2.05, 4.69) is 29.2 Å². The van der Waals surface area contributed by atoms with Crippen LogP contribution in [0.4, 0.5) is 0 Å². The summed E-state index contributed by atoms with van der Waals surface area (Å²) >= 11 is 0. The van der Waals surface area contributed by atoms with Crippen LogP contribution in [0.2, 0.25) is 0 Å². The summed E-state index contributed by atoms with van der Waals surface area (Å²) in [5, 5.41) is 3.75. The van der Waals surface area contributed by atoms with Gasteiger partial charge in [-0.15, -0.1) is 0 Å². The van der Waals surface area contributed by atoms with E-state index in [4.69, 9.17) is 4.74 Å². The van der Waals surface area contributed by atoms with Crippen molar-refractivity contribution in [1.29, 1.82) is 0 Å². The topological polar surface area (TPSA) is 27.7 Å². The third-order valence-corrected chi connectivity index (χ3v) is 5.42. The highest BCUT2D eigenvalue weighted by molar-refractivity contribution is 4.92. The van der Waals surface area contributed by atoms with E-state index >= 15 is 0 Å². The van der Waals surface area contributed by atoms with E-state index in [-0.39, 0.29) is 0 Å². The number of nitrogens with zero attached hydrogens (tertiary/aromatic N) is 2. The molecule has 0 spiro atoms. The highest BCUT2D eigenvalue weighted by Crippen LogP contribution is 2.32.